The number of aliphatic carboxylic acids is 1. The Morgan fingerprint density at radius 1 is 1.17 bits per heavy atom. The van der Waals surface area contributed by atoms with Crippen molar-refractivity contribution in [3.8, 4) is 5.75 Å². The van der Waals surface area contributed by atoms with Crippen LogP contribution in [0, 0.1) is 0 Å². The first-order chi connectivity index (χ1) is 13.5. The molecule has 0 saturated heterocycles. The van der Waals surface area contributed by atoms with Crippen LogP contribution in [0.3, 0.4) is 0 Å². The first-order valence-corrected chi connectivity index (χ1v) is 8.98. The van der Waals surface area contributed by atoms with Crippen LogP contribution in [0.2, 0.25) is 0 Å². The van der Waals surface area contributed by atoms with Crippen LogP contribution in [0.1, 0.15) is 18.3 Å². The van der Waals surface area contributed by atoms with Crippen LogP contribution in [-0.4, -0.2) is 28.2 Å². The minimum absolute atomic E-state index is 0. The molecule has 0 bridgehead atoms. The summed E-state index contributed by atoms with van der Waals surface area (Å²) in [5.74, 6) is -0.126. The smallest absolute Gasteiger partial charge is 0.547 e. The van der Waals surface area contributed by atoms with Crippen molar-refractivity contribution in [3.05, 3.63) is 70.3 Å². The number of carbonyl (C=O) groups excluding carboxylic acids is 1. The molecule has 1 aromatic heterocycles. The summed E-state index contributed by atoms with van der Waals surface area (Å²) in [4.78, 5) is 28.0. The number of aromatic nitrogens is 2. The molecule has 0 fully saturated rings. The molecule has 0 radical (unpaired) electrons. The number of rotatable bonds is 8. The molecule has 1 atom stereocenters. The minimum atomic E-state index is -1.23. The molecule has 1 heterocycles. The van der Waals surface area contributed by atoms with Gasteiger partial charge in [0.1, 0.15) is 24.3 Å². The molecule has 0 spiro atoms. The molecule has 2 aromatic carbocycles. The van der Waals surface area contributed by atoms with Crippen LogP contribution in [0.25, 0.3) is 10.9 Å². The molecule has 0 aliphatic carbocycles. The van der Waals surface area contributed by atoms with Crippen molar-refractivity contribution < 1.29 is 48.9 Å². The maximum absolute atomic E-state index is 12.4. The number of carbonyl (C=O) groups is 1. The predicted molar refractivity (Wildman–Crippen MR) is 102 cm³/mol. The van der Waals surface area contributed by atoms with Gasteiger partial charge in [-0.2, -0.15) is 0 Å². The molecule has 3 aromatic rings. The summed E-state index contributed by atoms with van der Waals surface area (Å²) in [5, 5.41) is 11.6. The molecule has 1 unspecified atom stereocenters. The molecule has 0 aliphatic rings. The first-order valence-electron chi connectivity index (χ1n) is 8.98. The number of benzene rings is 2. The number of para-hydroxylation sites is 1. The Bertz CT molecular complexity index is 1030. The van der Waals surface area contributed by atoms with Gasteiger partial charge in [0, 0.05) is 20.1 Å². The first kappa shape index (κ1) is 23.1. The second-order valence-electron chi connectivity index (χ2n) is 6.31. The van der Waals surface area contributed by atoms with Gasteiger partial charge in [-0.05, 0) is 36.8 Å². The van der Waals surface area contributed by atoms with E-state index in [0.717, 1.165) is 5.56 Å². The zero-order valence-electron chi connectivity index (χ0n) is 16.8. The van der Waals surface area contributed by atoms with Crippen LogP contribution in [-0.2, 0) is 29.6 Å². The third-order valence-electron chi connectivity index (χ3n) is 4.42. The van der Waals surface area contributed by atoms with Crippen molar-refractivity contribution in [2.24, 2.45) is 7.05 Å². The average molecular weight is 404 g/mol. The van der Waals surface area contributed by atoms with Gasteiger partial charge in [-0.25, -0.2) is 4.98 Å². The molecule has 8 heteroatoms. The van der Waals surface area contributed by atoms with Gasteiger partial charge >= 0.3 is 29.6 Å². The van der Waals surface area contributed by atoms with Crippen molar-refractivity contribution in [1.82, 2.24) is 9.55 Å². The van der Waals surface area contributed by atoms with Crippen LogP contribution in [0.4, 0.5) is 0 Å². The molecule has 3 rings (SSSR count). The average Bonchev–Trinajstić information content (AvgIpc) is 2.70. The Morgan fingerprint density at radius 2 is 1.86 bits per heavy atom. The van der Waals surface area contributed by atoms with Gasteiger partial charge in [0.15, 0.2) is 0 Å². The molecule has 0 saturated carbocycles. The zero-order chi connectivity index (χ0) is 20.1. The summed E-state index contributed by atoms with van der Waals surface area (Å²) in [6.07, 6.45) is -0.759. The quantitative estimate of drug-likeness (QED) is 0.412. The summed E-state index contributed by atoms with van der Waals surface area (Å²) in [6, 6.07) is 14.2. The topological polar surface area (TPSA) is 93.5 Å². The van der Waals surface area contributed by atoms with Gasteiger partial charge in [-0.15, -0.1) is 0 Å². The maximum Gasteiger partial charge on any atom is 1.00 e. The van der Waals surface area contributed by atoms with Crippen LogP contribution in [0.15, 0.2) is 53.3 Å². The summed E-state index contributed by atoms with van der Waals surface area (Å²) in [7, 11) is 1.66. The fraction of sp³-hybridized carbons (Fsp3) is 0.286. The number of hydrogen-bond donors (Lipinski definition) is 0. The summed E-state index contributed by atoms with van der Waals surface area (Å²) in [5.41, 5.74) is 1.30. The van der Waals surface area contributed by atoms with Gasteiger partial charge in [0.2, 0.25) is 0 Å². The number of ether oxygens (including phenoxy) is 2. The number of carboxylic acid groups (broad SMARTS) is 1. The van der Waals surface area contributed by atoms with Gasteiger partial charge < -0.3 is 19.4 Å². The predicted octanol–water partition coefficient (Wildman–Crippen LogP) is -1.79. The van der Waals surface area contributed by atoms with Crippen molar-refractivity contribution in [3.63, 3.8) is 0 Å². The monoisotopic (exact) mass is 404 g/mol. The summed E-state index contributed by atoms with van der Waals surface area (Å²) in [6.45, 7) is 2.18. The van der Waals surface area contributed by atoms with Gasteiger partial charge in [-0.1, -0.05) is 24.3 Å². The molecule has 0 amide bonds. The Morgan fingerprint density at radius 3 is 2.52 bits per heavy atom. The standard InChI is InChI=1S/C21H22N2O5.Na/c1-3-27-18(21(25)26)12-14-8-10-15(11-9-14)28-13-19-22-17-7-5-4-6-16(17)20(24)23(19)2;/h4-11,18H,3,12-13H2,1-2H3,(H,25,26);/q;+1/p-1. The SMILES string of the molecule is CCOC(Cc1ccc(OCc2nc3ccccc3c(=O)n2C)cc1)C(=O)[O-].[Na+]. The molecule has 146 valence electrons. The van der Waals surface area contributed by atoms with E-state index in [9.17, 15) is 14.7 Å². The Balaban J connectivity index is 0.00000300. The molecular formula is C21H21N2NaO5. The third kappa shape index (κ3) is 5.67. The van der Waals surface area contributed by atoms with E-state index in [1.165, 1.54) is 4.57 Å². The van der Waals surface area contributed by atoms with Crippen LogP contribution < -0.4 is 45.0 Å². The van der Waals surface area contributed by atoms with Crippen molar-refractivity contribution in [2.75, 3.05) is 6.61 Å². The molecule has 0 aliphatic heterocycles. The Labute approximate surface area is 190 Å². The molecule has 0 N–H and O–H groups in total. The van der Waals surface area contributed by atoms with E-state index in [0.29, 0.717) is 29.1 Å². The minimum Gasteiger partial charge on any atom is -0.547 e. The van der Waals surface area contributed by atoms with Crippen molar-refractivity contribution >= 4 is 16.9 Å². The number of carboxylic acids is 1. The second-order valence-corrected chi connectivity index (χ2v) is 6.31. The molecule has 7 nitrogen and oxygen atoms in total. The van der Waals surface area contributed by atoms with Crippen molar-refractivity contribution in [1.29, 1.82) is 0 Å². The van der Waals surface area contributed by atoms with Gasteiger partial charge in [0.25, 0.3) is 5.56 Å². The molecule has 29 heavy (non-hydrogen) atoms. The van der Waals surface area contributed by atoms with E-state index in [1.54, 1.807) is 56.4 Å². The largest absolute Gasteiger partial charge is 1.00 e. The number of nitrogens with zero attached hydrogens (tertiary/aromatic N) is 2. The fourth-order valence-corrected chi connectivity index (χ4v) is 2.89. The fourth-order valence-electron chi connectivity index (χ4n) is 2.89. The summed E-state index contributed by atoms with van der Waals surface area (Å²) < 4.78 is 12.4. The van der Waals surface area contributed by atoms with E-state index < -0.39 is 12.1 Å². The zero-order valence-corrected chi connectivity index (χ0v) is 18.8. The maximum atomic E-state index is 12.4. The van der Waals surface area contributed by atoms with Crippen LogP contribution in [0.5, 0.6) is 5.75 Å². The van der Waals surface area contributed by atoms with E-state index in [1.807, 2.05) is 6.07 Å². The number of hydrogen-bond acceptors (Lipinski definition) is 6. The number of fused-ring (bicyclic) bond motifs is 1. The van der Waals surface area contributed by atoms with E-state index in [2.05, 4.69) is 4.98 Å². The van der Waals surface area contributed by atoms with Crippen molar-refractivity contribution in [2.45, 2.75) is 26.1 Å². The third-order valence-corrected chi connectivity index (χ3v) is 4.42. The van der Waals surface area contributed by atoms with Crippen LogP contribution >= 0.6 is 0 Å². The Kier molecular flexibility index (Phi) is 8.40. The van der Waals surface area contributed by atoms with E-state index in [-0.39, 0.29) is 48.1 Å². The second kappa shape index (κ2) is 10.5. The normalized spacial score (nSPS) is 11.7. The Hall–Kier alpha value is -2.19. The molecular weight excluding hydrogens is 383 g/mol. The van der Waals surface area contributed by atoms with Gasteiger partial charge in [0.05, 0.1) is 16.9 Å². The van der Waals surface area contributed by atoms with Gasteiger partial charge in [-0.3, -0.25) is 9.36 Å². The summed E-state index contributed by atoms with van der Waals surface area (Å²) >= 11 is 0. The van der Waals surface area contributed by atoms with E-state index >= 15 is 0 Å². The van der Waals surface area contributed by atoms with E-state index in [4.69, 9.17) is 9.47 Å².